The van der Waals surface area contributed by atoms with Crippen LogP contribution in [-0.4, -0.2) is 5.97 Å². The molecule has 0 heterocycles. The maximum atomic E-state index is 12.4. The maximum Gasteiger partial charge on any atom is 0.343 e. The van der Waals surface area contributed by atoms with Crippen LogP contribution >= 0.6 is 0 Å². The predicted octanol–water partition coefficient (Wildman–Crippen LogP) is 7.23. The Balaban J connectivity index is 1.54. The molecule has 0 spiro atoms. The molecule has 2 aromatic carbocycles. The van der Waals surface area contributed by atoms with Gasteiger partial charge in [-0.15, -0.1) is 0 Å². The van der Waals surface area contributed by atoms with Crippen LogP contribution in [0.5, 0.6) is 5.75 Å². The van der Waals surface area contributed by atoms with Crippen LogP contribution in [0.25, 0.3) is 5.57 Å². The maximum absolute atomic E-state index is 12.4. The van der Waals surface area contributed by atoms with Crippen molar-refractivity contribution < 1.29 is 9.53 Å². The Bertz CT molecular complexity index is 784. The number of hydrogen-bond donors (Lipinski definition) is 0. The number of allylic oxidation sites excluding steroid dienone is 2. The zero-order chi connectivity index (χ0) is 19.8. The standard InChI is InChI=1S/C26H32O2/c1-3-4-5-6-7-21-10-18-25(19-11-21)28-26(27)24-16-14-23(15-17-24)22-12-8-20(2)9-13-22/h10-12,14-20H,3-9,13H2,1-2H3/t20-/m0/s1. The van der Waals surface area contributed by atoms with Gasteiger partial charge in [0, 0.05) is 0 Å². The fraction of sp³-hybridized carbons (Fsp3) is 0.423. The predicted molar refractivity (Wildman–Crippen MR) is 117 cm³/mol. The first-order valence-corrected chi connectivity index (χ1v) is 10.8. The van der Waals surface area contributed by atoms with Crippen molar-refractivity contribution in [3.8, 4) is 5.75 Å². The van der Waals surface area contributed by atoms with Gasteiger partial charge in [-0.05, 0) is 79.0 Å². The molecular formula is C26H32O2. The van der Waals surface area contributed by atoms with Gasteiger partial charge >= 0.3 is 5.97 Å². The lowest BCUT2D eigenvalue weighted by atomic mass is 9.87. The van der Waals surface area contributed by atoms with Crippen LogP contribution in [0.1, 0.15) is 80.3 Å². The highest BCUT2D eigenvalue weighted by Gasteiger charge is 2.13. The van der Waals surface area contributed by atoms with Crippen molar-refractivity contribution in [2.45, 2.75) is 65.2 Å². The van der Waals surface area contributed by atoms with Crippen LogP contribution in [0.3, 0.4) is 0 Å². The molecule has 2 nitrogen and oxygen atoms in total. The van der Waals surface area contributed by atoms with Crippen LogP contribution in [-0.2, 0) is 6.42 Å². The van der Waals surface area contributed by atoms with Crippen molar-refractivity contribution in [3.05, 3.63) is 71.3 Å². The summed E-state index contributed by atoms with van der Waals surface area (Å²) in [6.45, 7) is 4.52. The van der Waals surface area contributed by atoms with Gasteiger partial charge in [0.2, 0.25) is 0 Å². The molecule has 0 saturated carbocycles. The number of benzene rings is 2. The molecule has 0 aliphatic heterocycles. The van der Waals surface area contributed by atoms with E-state index in [1.165, 1.54) is 48.8 Å². The second-order valence-corrected chi connectivity index (χ2v) is 8.03. The molecule has 28 heavy (non-hydrogen) atoms. The van der Waals surface area contributed by atoms with Crippen LogP contribution in [0.15, 0.2) is 54.6 Å². The zero-order valence-corrected chi connectivity index (χ0v) is 17.2. The van der Waals surface area contributed by atoms with Gasteiger partial charge in [-0.1, -0.05) is 63.5 Å². The Morgan fingerprint density at radius 1 is 1.00 bits per heavy atom. The Hall–Kier alpha value is -2.35. The highest BCUT2D eigenvalue weighted by Crippen LogP contribution is 2.30. The highest BCUT2D eigenvalue weighted by molar-refractivity contribution is 5.91. The van der Waals surface area contributed by atoms with Crippen LogP contribution in [0.4, 0.5) is 0 Å². The molecule has 0 fully saturated rings. The minimum absolute atomic E-state index is 0.298. The molecule has 0 bridgehead atoms. The molecule has 0 N–H and O–H groups in total. The molecule has 2 aromatic rings. The van der Waals surface area contributed by atoms with Crippen LogP contribution in [0, 0.1) is 5.92 Å². The fourth-order valence-corrected chi connectivity index (χ4v) is 3.69. The van der Waals surface area contributed by atoms with E-state index in [4.69, 9.17) is 4.74 Å². The number of esters is 1. The van der Waals surface area contributed by atoms with E-state index >= 15 is 0 Å². The van der Waals surface area contributed by atoms with Gasteiger partial charge in [0.05, 0.1) is 5.56 Å². The summed E-state index contributed by atoms with van der Waals surface area (Å²) < 4.78 is 5.54. The number of carbonyl (C=O) groups is 1. The number of rotatable bonds is 8. The first-order valence-electron chi connectivity index (χ1n) is 10.8. The largest absolute Gasteiger partial charge is 0.423 e. The summed E-state index contributed by atoms with van der Waals surface area (Å²) in [5, 5.41) is 0. The Morgan fingerprint density at radius 2 is 1.75 bits per heavy atom. The van der Waals surface area contributed by atoms with Gasteiger partial charge < -0.3 is 4.74 Å². The number of hydrogen-bond acceptors (Lipinski definition) is 2. The third-order valence-electron chi connectivity index (χ3n) is 5.62. The third kappa shape index (κ3) is 5.82. The van der Waals surface area contributed by atoms with E-state index in [-0.39, 0.29) is 5.97 Å². The van der Waals surface area contributed by atoms with Crippen molar-refractivity contribution in [1.29, 1.82) is 0 Å². The fourth-order valence-electron chi connectivity index (χ4n) is 3.69. The first-order chi connectivity index (χ1) is 13.7. The van der Waals surface area contributed by atoms with E-state index in [1.807, 2.05) is 36.4 Å². The summed E-state index contributed by atoms with van der Waals surface area (Å²) in [5.41, 5.74) is 4.51. The topological polar surface area (TPSA) is 26.3 Å². The van der Waals surface area contributed by atoms with Crippen LogP contribution < -0.4 is 4.74 Å². The monoisotopic (exact) mass is 376 g/mol. The molecule has 0 amide bonds. The van der Waals surface area contributed by atoms with Crippen molar-refractivity contribution in [1.82, 2.24) is 0 Å². The molecule has 1 atom stereocenters. The van der Waals surface area contributed by atoms with E-state index in [1.54, 1.807) is 0 Å². The molecule has 3 rings (SSSR count). The van der Waals surface area contributed by atoms with E-state index in [0.717, 1.165) is 25.2 Å². The molecule has 0 saturated heterocycles. The second-order valence-electron chi connectivity index (χ2n) is 8.03. The van der Waals surface area contributed by atoms with Crippen molar-refractivity contribution >= 4 is 11.5 Å². The second kappa shape index (κ2) is 10.3. The summed E-state index contributed by atoms with van der Waals surface area (Å²) in [7, 11) is 0. The smallest absolute Gasteiger partial charge is 0.343 e. The normalized spacial score (nSPS) is 16.5. The molecule has 1 aliphatic rings. The summed E-state index contributed by atoms with van der Waals surface area (Å²) in [6, 6.07) is 15.8. The highest BCUT2D eigenvalue weighted by atomic mass is 16.5. The molecule has 2 heteroatoms. The van der Waals surface area contributed by atoms with Gasteiger partial charge in [-0.25, -0.2) is 4.79 Å². The summed E-state index contributed by atoms with van der Waals surface area (Å²) in [5.74, 6) is 1.09. The summed E-state index contributed by atoms with van der Waals surface area (Å²) in [6.07, 6.45) is 12.0. The third-order valence-corrected chi connectivity index (χ3v) is 5.62. The first kappa shape index (κ1) is 20.4. The van der Waals surface area contributed by atoms with Crippen molar-refractivity contribution in [3.63, 3.8) is 0 Å². The average molecular weight is 377 g/mol. The Morgan fingerprint density at radius 3 is 2.39 bits per heavy atom. The van der Waals surface area contributed by atoms with Crippen molar-refractivity contribution in [2.24, 2.45) is 5.92 Å². The zero-order valence-electron chi connectivity index (χ0n) is 17.2. The van der Waals surface area contributed by atoms with E-state index in [9.17, 15) is 4.79 Å². The van der Waals surface area contributed by atoms with Gasteiger partial charge in [0.15, 0.2) is 0 Å². The number of aryl methyl sites for hydroxylation is 1. The van der Waals surface area contributed by atoms with Gasteiger partial charge in [0.1, 0.15) is 5.75 Å². The molecule has 148 valence electrons. The molecular weight excluding hydrogens is 344 g/mol. The van der Waals surface area contributed by atoms with E-state index in [2.05, 4.69) is 32.1 Å². The van der Waals surface area contributed by atoms with Crippen molar-refractivity contribution in [2.75, 3.05) is 0 Å². The Labute approximate surface area is 169 Å². The van der Waals surface area contributed by atoms with Gasteiger partial charge in [0.25, 0.3) is 0 Å². The lowest BCUT2D eigenvalue weighted by Gasteiger charge is -2.18. The number of ether oxygens (including phenoxy) is 1. The quantitative estimate of drug-likeness (QED) is 0.276. The molecule has 0 unspecified atom stereocenters. The lowest BCUT2D eigenvalue weighted by Crippen LogP contribution is -2.08. The molecule has 1 aliphatic carbocycles. The van der Waals surface area contributed by atoms with Gasteiger partial charge in [-0.3, -0.25) is 0 Å². The molecule has 0 aromatic heterocycles. The minimum atomic E-state index is -0.298. The minimum Gasteiger partial charge on any atom is -0.423 e. The molecule has 0 radical (unpaired) electrons. The number of carbonyl (C=O) groups excluding carboxylic acids is 1. The average Bonchev–Trinajstić information content (AvgIpc) is 2.73. The van der Waals surface area contributed by atoms with E-state index < -0.39 is 0 Å². The van der Waals surface area contributed by atoms with Gasteiger partial charge in [-0.2, -0.15) is 0 Å². The summed E-state index contributed by atoms with van der Waals surface area (Å²) >= 11 is 0. The lowest BCUT2D eigenvalue weighted by molar-refractivity contribution is 0.0734. The number of unbranched alkanes of at least 4 members (excludes halogenated alkanes) is 3. The van der Waals surface area contributed by atoms with Crippen LogP contribution in [0.2, 0.25) is 0 Å². The van der Waals surface area contributed by atoms with E-state index in [0.29, 0.717) is 11.3 Å². The SMILES string of the molecule is CCCCCCc1ccc(OC(=O)c2ccc(C3=CC[C@H](C)CC3)cc2)cc1. The summed E-state index contributed by atoms with van der Waals surface area (Å²) in [4.78, 5) is 12.4. The Kier molecular flexibility index (Phi) is 7.47.